The molecule has 22 heavy (non-hydrogen) atoms. The Hall–Kier alpha value is -2.12. The van der Waals surface area contributed by atoms with Crippen LogP contribution in [0.5, 0.6) is 0 Å². The molecule has 1 fully saturated rings. The summed E-state index contributed by atoms with van der Waals surface area (Å²) in [6.45, 7) is 10.1. The van der Waals surface area contributed by atoms with Gasteiger partial charge in [-0.1, -0.05) is 0 Å². The van der Waals surface area contributed by atoms with Crippen molar-refractivity contribution in [2.45, 2.75) is 38.9 Å². The smallest absolute Gasteiger partial charge is 0.129 e. The van der Waals surface area contributed by atoms with Gasteiger partial charge in [0.2, 0.25) is 0 Å². The van der Waals surface area contributed by atoms with E-state index in [2.05, 4.69) is 38.7 Å². The summed E-state index contributed by atoms with van der Waals surface area (Å²) in [4.78, 5) is 7.05. The van der Waals surface area contributed by atoms with Crippen molar-refractivity contribution >= 4 is 16.7 Å². The van der Waals surface area contributed by atoms with E-state index in [0.29, 0.717) is 5.56 Å². The molecule has 4 heteroatoms. The molecule has 0 amide bonds. The quantitative estimate of drug-likeness (QED) is 0.808. The van der Waals surface area contributed by atoms with E-state index in [0.717, 1.165) is 29.8 Å². The van der Waals surface area contributed by atoms with E-state index >= 15 is 0 Å². The molecule has 0 unspecified atom stereocenters. The van der Waals surface area contributed by atoms with Crippen LogP contribution in [0, 0.1) is 11.3 Å². The van der Waals surface area contributed by atoms with Crippen molar-refractivity contribution in [3.63, 3.8) is 0 Å². The molecule has 1 aromatic carbocycles. The van der Waals surface area contributed by atoms with Gasteiger partial charge in [-0.3, -0.25) is 0 Å². The fraction of sp³-hybridized carbons (Fsp3) is 0.444. The molecule has 114 valence electrons. The van der Waals surface area contributed by atoms with Crippen LogP contribution in [0.3, 0.4) is 0 Å². The van der Waals surface area contributed by atoms with Crippen LogP contribution in [0.25, 0.3) is 10.9 Å². The van der Waals surface area contributed by atoms with E-state index in [1.807, 2.05) is 30.3 Å². The topological polar surface area (TPSA) is 49.2 Å². The number of rotatable bonds is 1. The van der Waals surface area contributed by atoms with Gasteiger partial charge in [0.1, 0.15) is 5.82 Å². The Morgan fingerprint density at radius 2 is 1.77 bits per heavy atom. The average molecular weight is 295 g/mol. The van der Waals surface area contributed by atoms with Crippen LogP contribution in [0.2, 0.25) is 0 Å². The molecule has 0 radical (unpaired) electrons. The monoisotopic (exact) mass is 295 g/mol. The minimum Gasteiger partial charge on any atom is -0.366 e. The number of anilines is 1. The van der Waals surface area contributed by atoms with Gasteiger partial charge >= 0.3 is 0 Å². The zero-order chi connectivity index (χ0) is 16.0. The highest BCUT2D eigenvalue weighted by atomic mass is 16.5. The molecule has 0 atom stereocenters. The summed E-state index contributed by atoms with van der Waals surface area (Å²) in [5.74, 6) is 0.960. The molecule has 3 rings (SSSR count). The normalized spacial score (nSPS) is 19.9. The fourth-order valence-electron chi connectivity index (χ4n) is 3.31. The lowest BCUT2D eigenvalue weighted by Gasteiger charge is -2.47. The maximum absolute atomic E-state index is 8.98. The number of hydrogen-bond acceptors (Lipinski definition) is 4. The Labute approximate surface area is 131 Å². The van der Waals surface area contributed by atoms with Crippen molar-refractivity contribution < 1.29 is 4.74 Å². The summed E-state index contributed by atoms with van der Waals surface area (Å²) < 4.78 is 6.13. The third-order valence-corrected chi connectivity index (χ3v) is 3.82. The number of nitrogens with zero attached hydrogens (tertiary/aromatic N) is 3. The zero-order valence-corrected chi connectivity index (χ0v) is 13.6. The first-order valence-corrected chi connectivity index (χ1v) is 7.54. The van der Waals surface area contributed by atoms with E-state index in [9.17, 15) is 0 Å². The number of aromatic nitrogens is 1. The van der Waals surface area contributed by atoms with E-state index in [1.54, 1.807) is 0 Å². The van der Waals surface area contributed by atoms with Crippen molar-refractivity contribution in [3.05, 3.63) is 35.9 Å². The van der Waals surface area contributed by atoms with Gasteiger partial charge in [-0.05, 0) is 58.0 Å². The number of ether oxygens (including phenoxy) is 1. The van der Waals surface area contributed by atoms with Crippen molar-refractivity contribution in [3.8, 4) is 6.07 Å². The highest BCUT2D eigenvalue weighted by Gasteiger charge is 2.38. The van der Waals surface area contributed by atoms with Crippen molar-refractivity contribution in [2.24, 2.45) is 0 Å². The van der Waals surface area contributed by atoms with Gasteiger partial charge in [0, 0.05) is 18.5 Å². The maximum Gasteiger partial charge on any atom is 0.129 e. The Bertz CT molecular complexity index is 743. The van der Waals surface area contributed by atoms with E-state index in [1.165, 1.54) is 0 Å². The molecule has 0 N–H and O–H groups in total. The van der Waals surface area contributed by atoms with Crippen LogP contribution in [-0.4, -0.2) is 29.3 Å². The molecule has 4 nitrogen and oxygen atoms in total. The van der Waals surface area contributed by atoms with Crippen LogP contribution in [0.15, 0.2) is 30.3 Å². The summed E-state index contributed by atoms with van der Waals surface area (Å²) in [6, 6.07) is 11.8. The lowest BCUT2D eigenvalue weighted by Crippen LogP contribution is -2.57. The van der Waals surface area contributed by atoms with Crippen LogP contribution in [0.4, 0.5) is 5.82 Å². The summed E-state index contributed by atoms with van der Waals surface area (Å²) in [5, 5.41) is 9.97. The summed E-state index contributed by atoms with van der Waals surface area (Å²) in [5.41, 5.74) is 1.17. The summed E-state index contributed by atoms with van der Waals surface area (Å²) in [7, 11) is 0. The van der Waals surface area contributed by atoms with Crippen LogP contribution in [-0.2, 0) is 4.74 Å². The lowest BCUT2D eigenvalue weighted by molar-refractivity contribution is -0.133. The van der Waals surface area contributed by atoms with E-state index in [-0.39, 0.29) is 11.2 Å². The summed E-state index contributed by atoms with van der Waals surface area (Å²) in [6.07, 6.45) is 0. The van der Waals surface area contributed by atoms with Gasteiger partial charge < -0.3 is 9.64 Å². The number of hydrogen-bond donors (Lipinski definition) is 0. The minimum absolute atomic E-state index is 0.205. The molecule has 0 aliphatic carbocycles. The molecular weight excluding hydrogens is 274 g/mol. The van der Waals surface area contributed by atoms with Crippen molar-refractivity contribution in [2.75, 3.05) is 18.0 Å². The molecule has 1 aromatic heterocycles. The molecule has 2 heterocycles. The Kier molecular flexibility index (Phi) is 3.34. The standard InChI is InChI=1S/C18H21N3O/c1-17(2)11-21(12-18(3,4)22-17)16-8-6-14-9-13(10-19)5-7-15(14)20-16/h5-9H,11-12H2,1-4H3. The average Bonchev–Trinajstić information content (AvgIpc) is 2.43. The SMILES string of the molecule is CC1(C)CN(c2ccc3cc(C#N)ccc3n2)CC(C)(C)O1. The minimum atomic E-state index is -0.205. The lowest BCUT2D eigenvalue weighted by atomic mass is 9.99. The zero-order valence-electron chi connectivity index (χ0n) is 13.6. The largest absolute Gasteiger partial charge is 0.366 e. The molecule has 0 saturated carbocycles. The number of benzene rings is 1. The Morgan fingerprint density at radius 1 is 1.09 bits per heavy atom. The molecule has 0 bridgehead atoms. The fourth-order valence-corrected chi connectivity index (χ4v) is 3.31. The first-order valence-electron chi connectivity index (χ1n) is 7.54. The van der Waals surface area contributed by atoms with Gasteiger partial charge in [-0.25, -0.2) is 4.98 Å². The Morgan fingerprint density at radius 3 is 2.41 bits per heavy atom. The first-order chi connectivity index (χ1) is 10.3. The third kappa shape index (κ3) is 2.90. The summed E-state index contributed by atoms with van der Waals surface area (Å²) >= 11 is 0. The molecule has 1 aliphatic rings. The van der Waals surface area contributed by atoms with E-state index in [4.69, 9.17) is 15.0 Å². The van der Waals surface area contributed by atoms with E-state index < -0.39 is 0 Å². The van der Waals surface area contributed by atoms with Crippen molar-refractivity contribution in [1.29, 1.82) is 5.26 Å². The Balaban J connectivity index is 1.98. The molecule has 1 aliphatic heterocycles. The number of pyridine rings is 1. The predicted octanol–water partition coefficient (Wildman–Crippen LogP) is 3.50. The highest BCUT2D eigenvalue weighted by molar-refractivity contribution is 5.81. The van der Waals surface area contributed by atoms with Gasteiger partial charge in [-0.2, -0.15) is 5.26 Å². The number of nitriles is 1. The van der Waals surface area contributed by atoms with Gasteiger partial charge in [0.15, 0.2) is 0 Å². The van der Waals surface area contributed by atoms with Gasteiger partial charge in [0.05, 0.1) is 28.4 Å². The van der Waals surface area contributed by atoms with Crippen molar-refractivity contribution in [1.82, 2.24) is 4.98 Å². The second-order valence-corrected chi connectivity index (χ2v) is 7.17. The van der Waals surface area contributed by atoms with Crippen LogP contribution < -0.4 is 4.90 Å². The number of fused-ring (bicyclic) bond motifs is 1. The van der Waals surface area contributed by atoms with Gasteiger partial charge in [-0.15, -0.1) is 0 Å². The highest BCUT2D eigenvalue weighted by Crippen LogP contribution is 2.31. The predicted molar refractivity (Wildman–Crippen MR) is 87.9 cm³/mol. The third-order valence-electron chi connectivity index (χ3n) is 3.82. The second kappa shape index (κ2) is 4.96. The molecule has 1 saturated heterocycles. The second-order valence-electron chi connectivity index (χ2n) is 7.17. The van der Waals surface area contributed by atoms with Crippen LogP contribution in [0.1, 0.15) is 33.3 Å². The number of morpholine rings is 1. The molecule has 0 spiro atoms. The maximum atomic E-state index is 8.98. The first kappa shape index (κ1) is 14.8. The van der Waals surface area contributed by atoms with Gasteiger partial charge in [0.25, 0.3) is 0 Å². The molecule has 2 aromatic rings. The van der Waals surface area contributed by atoms with Crippen LogP contribution >= 0.6 is 0 Å². The molecular formula is C18H21N3O.